The monoisotopic (exact) mass is 319 g/mol. The zero-order valence-corrected chi connectivity index (χ0v) is 12.0. The predicted octanol–water partition coefficient (Wildman–Crippen LogP) is 4.97. The van der Waals surface area contributed by atoms with Crippen molar-refractivity contribution in [1.29, 1.82) is 0 Å². The summed E-state index contributed by atoms with van der Waals surface area (Å²) in [6, 6.07) is 5.88. The number of hydrogen-bond donors (Lipinski definition) is 2. The van der Waals surface area contributed by atoms with E-state index in [2.05, 4.69) is 15.6 Å². The zero-order chi connectivity index (χ0) is 14.0. The number of anilines is 3. The van der Waals surface area contributed by atoms with Crippen LogP contribution in [0.25, 0.3) is 0 Å². The van der Waals surface area contributed by atoms with Gasteiger partial charge in [0.15, 0.2) is 5.82 Å². The van der Waals surface area contributed by atoms with Gasteiger partial charge in [0.25, 0.3) is 0 Å². The molecule has 2 rings (SSSR count). The molecule has 1 aromatic heterocycles. The molecule has 0 fully saturated rings. The number of halogens is 4. The Morgan fingerprint density at radius 3 is 2.32 bits per heavy atom. The van der Waals surface area contributed by atoms with Crippen LogP contribution in [0.4, 0.5) is 21.7 Å². The summed E-state index contributed by atoms with van der Waals surface area (Å²) in [5.41, 5.74) is 0.487. The van der Waals surface area contributed by atoms with Crippen molar-refractivity contribution >= 4 is 52.1 Å². The Morgan fingerprint density at radius 1 is 1.00 bits per heavy atom. The fourth-order valence-corrected chi connectivity index (χ4v) is 2.06. The fraction of sp³-hybridized carbons (Fsp3) is 0.0833. The molecule has 7 heteroatoms. The third kappa shape index (κ3) is 3.21. The minimum absolute atomic E-state index is 0.0524. The summed E-state index contributed by atoms with van der Waals surface area (Å²) in [6.07, 6.45) is 0. The van der Waals surface area contributed by atoms with Crippen molar-refractivity contribution in [2.24, 2.45) is 0 Å². The van der Waals surface area contributed by atoms with E-state index in [9.17, 15) is 4.39 Å². The summed E-state index contributed by atoms with van der Waals surface area (Å²) < 4.78 is 13.3. The highest BCUT2D eigenvalue weighted by atomic mass is 35.5. The van der Waals surface area contributed by atoms with E-state index in [4.69, 9.17) is 34.8 Å². The summed E-state index contributed by atoms with van der Waals surface area (Å²) in [4.78, 5) is 4.20. The van der Waals surface area contributed by atoms with Crippen LogP contribution in [0, 0.1) is 5.82 Å². The van der Waals surface area contributed by atoms with Crippen LogP contribution in [0.2, 0.25) is 15.1 Å². The van der Waals surface area contributed by atoms with E-state index in [-0.39, 0.29) is 5.02 Å². The highest BCUT2D eigenvalue weighted by molar-refractivity contribution is 6.37. The van der Waals surface area contributed by atoms with Crippen molar-refractivity contribution in [2.75, 3.05) is 17.7 Å². The Hall–Kier alpha value is -1.23. The lowest BCUT2D eigenvalue weighted by Crippen LogP contribution is -2.00. The molecule has 2 aromatic rings. The van der Waals surface area contributed by atoms with Crippen LogP contribution in [0.15, 0.2) is 24.3 Å². The molecule has 0 atom stereocenters. The maximum atomic E-state index is 13.3. The Bertz CT molecular complexity index is 619. The van der Waals surface area contributed by atoms with Crippen LogP contribution in [0.1, 0.15) is 0 Å². The fourth-order valence-electron chi connectivity index (χ4n) is 1.44. The number of pyridine rings is 1. The summed E-state index contributed by atoms with van der Waals surface area (Å²) in [7, 11) is 1.69. The molecule has 1 heterocycles. The molecule has 0 unspecified atom stereocenters. The van der Waals surface area contributed by atoms with Crippen molar-refractivity contribution in [3.05, 3.63) is 45.2 Å². The van der Waals surface area contributed by atoms with E-state index >= 15 is 0 Å². The number of hydrogen-bond acceptors (Lipinski definition) is 3. The first kappa shape index (κ1) is 14.2. The number of benzene rings is 1. The molecule has 19 heavy (non-hydrogen) atoms. The van der Waals surface area contributed by atoms with Gasteiger partial charge < -0.3 is 10.6 Å². The average Bonchev–Trinajstić information content (AvgIpc) is 2.37. The van der Waals surface area contributed by atoms with Gasteiger partial charge >= 0.3 is 0 Å². The molecule has 0 saturated carbocycles. The van der Waals surface area contributed by atoms with Gasteiger partial charge in [-0.3, -0.25) is 0 Å². The molecule has 1 aromatic carbocycles. The van der Waals surface area contributed by atoms with Gasteiger partial charge in [0.2, 0.25) is 0 Å². The molecule has 3 nitrogen and oxygen atoms in total. The van der Waals surface area contributed by atoms with Gasteiger partial charge in [-0.1, -0.05) is 34.8 Å². The third-order valence-corrected chi connectivity index (χ3v) is 3.23. The first-order valence-electron chi connectivity index (χ1n) is 5.27. The van der Waals surface area contributed by atoms with Crippen LogP contribution >= 0.6 is 34.8 Å². The van der Waals surface area contributed by atoms with Gasteiger partial charge in [-0.25, -0.2) is 9.37 Å². The lowest BCUT2D eigenvalue weighted by molar-refractivity contribution is 0.629. The van der Waals surface area contributed by atoms with Crippen LogP contribution in [0.5, 0.6) is 0 Å². The first-order valence-corrected chi connectivity index (χ1v) is 6.40. The second-order valence-corrected chi connectivity index (χ2v) is 4.87. The summed E-state index contributed by atoms with van der Waals surface area (Å²) in [6.45, 7) is 0. The first-order chi connectivity index (χ1) is 9.01. The molecule has 0 aliphatic rings. The molecule has 0 radical (unpaired) electrons. The molecule has 0 amide bonds. The normalized spacial score (nSPS) is 10.4. The smallest absolute Gasteiger partial charge is 0.151 e. The van der Waals surface area contributed by atoms with Gasteiger partial charge in [-0.05, 0) is 24.3 Å². The van der Waals surface area contributed by atoms with Crippen LogP contribution in [-0.4, -0.2) is 12.0 Å². The maximum absolute atomic E-state index is 13.3. The zero-order valence-electron chi connectivity index (χ0n) is 9.77. The topological polar surface area (TPSA) is 37.0 Å². The lowest BCUT2D eigenvalue weighted by atomic mass is 10.3. The van der Waals surface area contributed by atoms with Crippen molar-refractivity contribution in [1.82, 2.24) is 4.98 Å². The molecular formula is C12H9Cl3FN3. The van der Waals surface area contributed by atoms with Crippen LogP contribution < -0.4 is 10.6 Å². The molecule has 100 valence electrons. The second kappa shape index (κ2) is 5.82. The number of nitrogens with one attached hydrogen (secondary N) is 2. The summed E-state index contributed by atoms with van der Waals surface area (Å²) >= 11 is 17.6. The van der Waals surface area contributed by atoms with E-state index in [0.717, 1.165) is 0 Å². The third-order valence-electron chi connectivity index (χ3n) is 2.35. The van der Waals surface area contributed by atoms with E-state index in [1.165, 1.54) is 12.1 Å². The highest BCUT2D eigenvalue weighted by Gasteiger charge is 2.09. The number of aromatic nitrogens is 1. The largest absolute Gasteiger partial charge is 0.372 e. The molecule has 0 bridgehead atoms. The van der Waals surface area contributed by atoms with Crippen LogP contribution in [0.3, 0.4) is 0 Å². The standard InChI is InChI=1S/C12H9Cl3FN3/c1-17-11-8(14)5-9(15)12(19-11)18-6-2-3-7(13)10(16)4-6/h2-5H,1H3,(H2,17,18,19). The molecule has 0 saturated heterocycles. The quantitative estimate of drug-likeness (QED) is 0.838. The summed E-state index contributed by atoms with van der Waals surface area (Å²) in [5, 5.41) is 6.52. The minimum Gasteiger partial charge on any atom is -0.372 e. The van der Waals surface area contributed by atoms with E-state index in [1.54, 1.807) is 19.2 Å². The molecule has 0 aliphatic heterocycles. The van der Waals surface area contributed by atoms with E-state index in [1.807, 2.05) is 0 Å². The Morgan fingerprint density at radius 2 is 1.68 bits per heavy atom. The molecular weight excluding hydrogens is 312 g/mol. The van der Waals surface area contributed by atoms with Crippen molar-refractivity contribution < 1.29 is 4.39 Å². The SMILES string of the molecule is CNc1nc(Nc2ccc(Cl)c(F)c2)c(Cl)cc1Cl. The Kier molecular flexibility index (Phi) is 4.34. The van der Waals surface area contributed by atoms with Crippen molar-refractivity contribution in [3.8, 4) is 0 Å². The number of nitrogens with zero attached hydrogens (tertiary/aromatic N) is 1. The van der Waals surface area contributed by atoms with Gasteiger partial charge in [0.1, 0.15) is 11.6 Å². The van der Waals surface area contributed by atoms with Gasteiger partial charge in [-0.2, -0.15) is 0 Å². The second-order valence-electron chi connectivity index (χ2n) is 3.65. The highest BCUT2D eigenvalue weighted by Crippen LogP contribution is 2.31. The molecule has 0 spiro atoms. The predicted molar refractivity (Wildman–Crippen MR) is 78.5 cm³/mol. The van der Waals surface area contributed by atoms with E-state index < -0.39 is 5.82 Å². The van der Waals surface area contributed by atoms with Gasteiger partial charge in [0, 0.05) is 12.7 Å². The molecule has 2 N–H and O–H groups in total. The van der Waals surface area contributed by atoms with Crippen LogP contribution in [-0.2, 0) is 0 Å². The van der Waals surface area contributed by atoms with Gasteiger partial charge in [0.05, 0.1) is 15.1 Å². The summed E-state index contributed by atoms with van der Waals surface area (Å²) in [5.74, 6) is 0.325. The van der Waals surface area contributed by atoms with Crippen molar-refractivity contribution in [3.63, 3.8) is 0 Å². The Balaban J connectivity index is 2.34. The minimum atomic E-state index is -0.523. The maximum Gasteiger partial charge on any atom is 0.151 e. The average molecular weight is 321 g/mol. The Labute approximate surface area is 124 Å². The number of rotatable bonds is 3. The van der Waals surface area contributed by atoms with Crippen molar-refractivity contribution in [2.45, 2.75) is 0 Å². The van der Waals surface area contributed by atoms with E-state index in [0.29, 0.717) is 27.4 Å². The molecule has 0 aliphatic carbocycles. The van der Waals surface area contributed by atoms with Gasteiger partial charge in [-0.15, -0.1) is 0 Å². The lowest BCUT2D eigenvalue weighted by Gasteiger charge is -2.11.